The molecule has 0 aliphatic heterocycles. The Morgan fingerprint density at radius 3 is 2.95 bits per heavy atom. The summed E-state index contributed by atoms with van der Waals surface area (Å²) < 4.78 is 11.5. The maximum atomic E-state index is 11.6. The largest absolute Gasteiger partial charge is 0.484 e. The van der Waals surface area contributed by atoms with E-state index in [2.05, 4.69) is 5.32 Å². The van der Waals surface area contributed by atoms with Crippen LogP contribution < -0.4 is 10.1 Å². The number of hydrogen-bond acceptors (Lipinski definition) is 3. The summed E-state index contributed by atoms with van der Waals surface area (Å²) >= 11 is 0. The van der Waals surface area contributed by atoms with E-state index in [0.717, 1.165) is 35.3 Å². The third-order valence-electron chi connectivity index (χ3n) is 3.75. The van der Waals surface area contributed by atoms with Gasteiger partial charge < -0.3 is 14.5 Å². The second kappa shape index (κ2) is 5.80. The summed E-state index contributed by atoms with van der Waals surface area (Å²) in [6, 6.07) is 5.92. The van der Waals surface area contributed by atoms with Crippen LogP contribution in [0.4, 0.5) is 0 Å². The van der Waals surface area contributed by atoms with Gasteiger partial charge in [-0.1, -0.05) is 0 Å². The molecule has 1 aliphatic rings. The van der Waals surface area contributed by atoms with Crippen LogP contribution in [-0.2, 0) is 17.6 Å². The van der Waals surface area contributed by atoms with Crippen molar-refractivity contribution in [2.24, 2.45) is 0 Å². The topological polar surface area (TPSA) is 51.5 Å². The van der Waals surface area contributed by atoms with Crippen molar-refractivity contribution >= 4 is 16.9 Å². The first kappa shape index (κ1) is 14.0. The zero-order valence-corrected chi connectivity index (χ0v) is 12.6. The summed E-state index contributed by atoms with van der Waals surface area (Å²) in [6.07, 6.45) is 4.51. The van der Waals surface area contributed by atoms with Crippen LogP contribution in [0.15, 0.2) is 22.6 Å². The van der Waals surface area contributed by atoms with E-state index in [4.69, 9.17) is 9.15 Å². The number of carbonyl (C=O) groups excluding carboxylic acids is 1. The molecule has 0 unspecified atom stereocenters. The van der Waals surface area contributed by atoms with Gasteiger partial charge in [0, 0.05) is 23.4 Å². The van der Waals surface area contributed by atoms with Crippen molar-refractivity contribution in [3.63, 3.8) is 0 Å². The molecule has 4 heteroatoms. The number of aryl methyl sites for hydroxylation is 2. The lowest BCUT2D eigenvalue weighted by atomic mass is 9.96. The molecule has 0 bridgehead atoms. The second-order valence-corrected chi connectivity index (χ2v) is 5.88. The van der Waals surface area contributed by atoms with E-state index in [1.165, 1.54) is 18.4 Å². The van der Waals surface area contributed by atoms with E-state index in [1.807, 2.05) is 32.0 Å². The zero-order valence-electron chi connectivity index (χ0n) is 12.6. The van der Waals surface area contributed by atoms with E-state index in [-0.39, 0.29) is 18.6 Å². The van der Waals surface area contributed by atoms with Crippen LogP contribution in [0.1, 0.15) is 38.0 Å². The molecule has 4 nitrogen and oxygen atoms in total. The van der Waals surface area contributed by atoms with Gasteiger partial charge in [-0.05, 0) is 51.3 Å². The monoisotopic (exact) mass is 287 g/mol. The molecule has 0 radical (unpaired) electrons. The highest BCUT2D eigenvalue weighted by molar-refractivity contribution is 5.84. The highest BCUT2D eigenvalue weighted by Crippen LogP contribution is 2.33. The average Bonchev–Trinajstić information content (AvgIpc) is 2.82. The fraction of sp³-hybridized carbons (Fsp3) is 0.471. The summed E-state index contributed by atoms with van der Waals surface area (Å²) in [5.41, 5.74) is 2.23. The van der Waals surface area contributed by atoms with E-state index in [9.17, 15) is 4.79 Å². The average molecular weight is 287 g/mol. The van der Waals surface area contributed by atoms with Crippen molar-refractivity contribution < 1.29 is 13.9 Å². The van der Waals surface area contributed by atoms with Gasteiger partial charge in [-0.25, -0.2) is 0 Å². The minimum absolute atomic E-state index is 0.0454. The lowest BCUT2D eigenvalue weighted by molar-refractivity contribution is -0.123. The lowest BCUT2D eigenvalue weighted by Gasteiger charge is -2.10. The fourth-order valence-corrected chi connectivity index (χ4v) is 2.84. The zero-order chi connectivity index (χ0) is 14.8. The first-order chi connectivity index (χ1) is 10.1. The number of hydrogen-bond donors (Lipinski definition) is 1. The molecular formula is C17H21NO3. The highest BCUT2D eigenvalue weighted by Gasteiger charge is 2.18. The fourth-order valence-electron chi connectivity index (χ4n) is 2.84. The molecular weight excluding hydrogens is 266 g/mol. The molecule has 2 aromatic rings. The Kier molecular flexibility index (Phi) is 3.86. The van der Waals surface area contributed by atoms with Gasteiger partial charge in [0.25, 0.3) is 5.91 Å². The van der Waals surface area contributed by atoms with Gasteiger partial charge in [-0.15, -0.1) is 0 Å². The predicted octanol–water partition coefficient (Wildman–Crippen LogP) is 3.22. The summed E-state index contributed by atoms with van der Waals surface area (Å²) in [6.45, 7) is 3.91. The summed E-state index contributed by atoms with van der Waals surface area (Å²) in [5.74, 6) is 1.74. The Morgan fingerprint density at radius 1 is 1.33 bits per heavy atom. The van der Waals surface area contributed by atoms with Crippen LogP contribution in [0.25, 0.3) is 11.0 Å². The molecule has 1 heterocycles. The Labute approximate surface area is 124 Å². The number of benzene rings is 1. The molecule has 3 rings (SSSR count). The third kappa shape index (κ3) is 3.04. The van der Waals surface area contributed by atoms with Gasteiger partial charge in [0.2, 0.25) is 0 Å². The van der Waals surface area contributed by atoms with E-state index in [1.54, 1.807) is 0 Å². The van der Waals surface area contributed by atoms with Gasteiger partial charge in [0.15, 0.2) is 6.61 Å². The Balaban J connectivity index is 1.76. The predicted molar refractivity (Wildman–Crippen MR) is 81.6 cm³/mol. The highest BCUT2D eigenvalue weighted by atomic mass is 16.5. The van der Waals surface area contributed by atoms with Gasteiger partial charge in [0.1, 0.15) is 17.1 Å². The van der Waals surface area contributed by atoms with Crippen molar-refractivity contribution in [3.05, 3.63) is 29.5 Å². The van der Waals surface area contributed by atoms with Crippen molar-refractivity contribution in [1.29, 1.82) is 0 Å². The maximum absolute atomic E-state index is 11.6. The van der Waals surface area contributed by atoms with Gasteiger partial charge in [0.05, 0.1) is 0 Å². The molecule has 1 aromatic heterocycles. The summed E-state index contributed by atoms with van der Waals surface area (Å²) in [7, 11) is 0. The van der Waals surface area contributed by atoms with Crippen LogP contribution in [0, 0.1) is 0 Å². The Bertz CT molecular complexity index is 657. The molecule has 0 atom stereocenters. The van der Waals surface area contributed by atoms with Gasteiger partial charge in [-0.3, -0.25) is 4.79 Å². The smallest absolute Gasteiger partial charge is 0.258 e. The molecule has 0 saturated carbocycles. The third-order valence-corrected chi connectivity index (χ3v) is 3.75. The van der Waals surface area contributed by atoms with Crippen LogP contribution in [0.5, 0.6) is 5.75 Å². The Hall–Kier alpha value is -1.97. The minimum atomic E-state index is -0.0979. The number of fused-ring (bicyclic) bond motifs is 3. The summed E-state index contributed by atoms with van der Waals surface area (Å²) in [5, 5.41) is 3.94. The molecule has 21 heavy (non-hydrogen) atoms. The number of rotatable bonds is 4. The first-order valence-electron chi connectivity index (χ1n) is 7.60. The van der Waals surface area contributed by atoms with Crippen LogP contribution in [-0.4, -0.2) is 18.6 Å². The molecule has 1 aliphatic carbocycles. The van der Waals surface area contributed by atoms with Crippen molar-refractivity contribution in [2.45, 2.75) is 45.6 Å². The molecule has 0 spiro atoms. The molecule has 1 N–H and O–H groups in total. The van der Waals surface area contributed by atoms with Gasteiger partial charge in [-0.2, -0.15) is 0 Å². The molecule has 112 valence electrons. The molecule has 1 aromatic carbocycles. The van der Waals surface area contributed by atoms with Crippen LogP contribution in [0.2, 0.25) is 0 Å². The van der Waals surface area contributed by atoms with Crippen LogP contribution in [0.3, 0.4) is 0 Å². The number of carbonyl (C=O) groups is 1. The van der Waals surface area contributed by atoms with Crippen LogP contribution >= 0.6 is 0 Å². The standard InChI is InChI=1S/C17H21NO3/c1-11(2)18-17(19)10-20-12-7-8-16-14(9-12)13-5-3-4-6-15(13)21-16/h7-9,11H,3-6,10H2,1-2H3,(H,18,19). The van der Waals surface area contributed by atoms with Gasteiger partial charge >= 0.3 is 0 Å². The van der Waals surface area contributed by atoms with Crippen molar-refractivity contribution in [2.75, 3.05) is 6.61 Å². The van der Waals surface area contributed by atoms with Crippen molar-refractivity contribution in [1.82, 2.24) is 5.32 Å². The normalized spacial score (nSPS) is 14.2. The SMILES string of the molecule is CC(C)NC(=O)COc1ccc2oc3c(c2c1)CCCC3. The van der Waals surface area contributed by atoms with E-state index >= 15 is 0 Å². The Morgan fingerprint density at radius 2 is 2.14 bits per heavy atom. The number of furan rings is 1. The first-order valence-corrected chi connectivity index (χ1v) is 7.60. The van der Waals surface area contributed by atoms with Crippen molar-refractivity contribution in [3.8, 4) is 5.75 Å². The number of ether oxygens (including phenoxy) is 1. The van der Waals surface area contributed by atoms with E-state index in [0.29, 0.717) is 0 Å². The summed E-state index contributed by atoms with van der Waals surface area (Å²) in [4.78, 5) is 11.6. The number of amides is 1. The molecule has 0 saturated heterocycles. The van der Waals surface area contributed by atoms with E-state index < -0.39 is 0 Å². The maximum Gasteiger partial charge on any atom is 0.258 e. The lowest BCUT2D eigenvalue weighted by Crippen LogP contribution is -2.34. The second-order valence-electron chi connectivity index (χ2n) is 5.88. The minimum Gasteiger partial charge on any atom is -0.484 e. The quantitative estimate of drug-likeness (QED) is 0.939. The molecule has 0 fully saturated rings. The number of nitrogens with one attached hydrogen (secondary N) is 1. The molecule has 1 amide bonds.